The Kier molecular flexibility index (Phi) is 6.26. The van der Waals surface area contributed by atoms with Crippen LogP contribution in [0, 0.1) is 5.92 Å². The van der Waals surface area contributed by atoms with Crippen LogP contribution in [0.3, 0.4) is 0 Å². The van der Waals surface area contributed by atoms with E-state index in [1.165, 1.54) is 21.5 Å². The Hall–Kier alpha value is -3.27. The fourth-order valence-electron chi connectivity index (χ4n) is 3.65. The van der Waals surface area contributed by atoms with Gasteiger partial charge in [-0.05, 0) is 36.4 Å². The molecule has 0 spiro atoms. The fraction of sp³-hybridized carbons (Fsp3) is 0.381. The van der Waals surface area contributed by atoms with Crippen LogP contribution in [0.2, 0.25) is 0 Å². The number of thiophene rings is 1. The first-order chi connectivity index (χ1) is 15.0. The van der Waals surface area contributed by atoms with E-state index in [2.05, 4.69) is 15.5 Å². The molecule has 162 valence electrons. The summed E-state index contributed by atoms with van der Waals surface area (Å²) in [5.41, 5.74) is 0.384. The van der Waals surface area contributed by atoms with Crippen LogP contribution in [0.1, 0.15) is 12.8 Å². The molecule has 0 radical (unpaired) electrons. The van der Waals surface area contributed by atoms with E-state index in [4.69, 9.17) is 0 Å². The maximum Gasteiger partial charge on any atom is 0.266 e. The average molecular weight is 441 g/mol. The first-order valence-electron chi connectivity index (χ1n) is 10.2. The van der Waals surface area contributed by atoms with Crippen LogP contribution >= 0.6 is 11.3 Å². The molecule has 1 amide bonds. The van der Waals surface area contributed by atoms with E-state index in [-0.39, 0.29) is 22.9 Å². The zero-order valence-corrected chi connectivity index (χ0v) is 18.0. The summed E-state index contributed by atoms with van der Waals surface area (Å²) in [7, 11) is 1.61. The molecule has 1 aliphatic rings. The molecule has 4 heterocycles. The van der Waals surface area contributed by atoms with Gasteiger partial charge in [0.1, 0.15) is 11.5 Å². The van der Waals surface area contributed by atoms with Gasteiger partial charge in [0.15, 0.2) is 0 Å². The second-order valence-electron chi connectivity index (χ2n) is 7.49. The van der Waals surface area contributed by atoms with Crippen LogP contribution < -0.4 is 21.3 Å². The molecule has 3 aromatic rings. The Morgan fingerprint density at radius 2 is 2.00 bits per heavy atom. The van der Waals surface area contributed by atoms with Crippen LogP contribution in [0.15, 0.2) is 51.4 Å². The molecule has 1 fully saturated rings. The predicted octanol–water partition coefficient (Wildman–Crippen LogP) is 1.10. The normalized spacial score (nSPS) is 16.3. The lowest BCUT2D eigenvalue weighted by Gasteiger charge is -2.32. The topological polar surface area (TPSA) is 102 Å². The number of hydrogen-bond donors (Lipinski definition) is 1. The number of rotatable bonds is 6. The second kappa shape index (κ2) is 9.25. The monoisotopic (exact) mass is 440 g/mol. The van der Waals surface area contributed by atoms with Crippen molar-refractivity contribution in [1.82, 2.24) is 24.9 Å². The first kappa shape index (κ1) is 21.0. The molecule has 9 nitrogen and oxygen atoms in total. The minimum atomic E-state index is -0.195. The summed E-state index contributed by atoms with van der Waals surface area (Å²) in [6, 6.07) is 10.3. The number of anilines is 1. The predicted molar refractivity (Wildman–Crippen MR) is 119 cm³/mol. The van der Waals surface area contributed by atoms with E-state index in [1.807, 2.05) is 22.4 Å². The highest BCUT2D eigenvalue weighted by atomic mass is 32.1. The van der Waals surface area contributed by atoms with Gasteiger partial charge in [0.05, 0.1) is 17.3 Å². The standard InChI is InChI=1S/C21H24N6O3S/c1-25-19(28)9-7-18(24-25)26-11-2-4-15(14-26)21(30)22-10-12-27-20(29)8-6-16(23-27)17-5-3-13-31-17/h3,5-9,13,15H,2,4,10-12,14H2,1H3,(H,22,30)/t15-/m1/s1. The Balaban J connectivity index is 1.34. The van der Waals surface area contributed by atoms with Crippen molar-refractivity contribution in [3.8, 4) is 10.6 Å². The van der Waals surface area contributed by atoms with Crippen LogP contribution in [-0.4, -0.2) is 45.1 Å². The summed E-state index contributed by atoms with van der Waals surface area (Å²) in [5, 5.41) is 13.6. The van der Waals surface area contributed by atoms with Gasteiger partial charge in [0.25, 0.3) is 11.1 Å². The Bertz CT molecular complexity index is 1170. The minimum Gasteiger partial charge on any atom is -0.354 e. The van der Waals surface area contributed by atoms with Gasteiger partial charge < -0.3 is 10.2 Å². The molecule has 1 N–H and O–H groups in total. The third kappa shape index (κ3) is 4.91. The summed E-state index contributed by atoms with van der Waals surface area (Å²) in [6.45, 7) is 1.98. The van der Waals surface area contributed by atoms with E-state index < -0.39 is 0 Å². The highest BCUT2D eigenvalue weighted by Crippen LogP contribution is 2.22. The number of carbonyl (C=O) groups excluding carboxylic acids is 1. The van der Waals surface area contributed by atoms with E-state index in [0.717, 1.165) is 30.0 Å². The van der Waals surface area contributed by atoms with Crippen molar-refractivity contribution in [1.29, 1.82) is 0 Å². The number of aromatic nitrogens is 4. The molecule has 10 heteroatoms. The van der Waals surface area contributed by atoms with E-state index in [9.17, 15) is 14.4 Å². The van der Waals surface area contributed by atoms with Gasteiger partial charge in [-0.3, -0.25) is 14.4 Å². The maximum atomic E-state index is 12.7. The summed E-state index contributed by atoms with van der Waals surface area (Å²) < 4.78 is 2.69. The van der Waals surface area contributed by atoms with E-state index in [1.54, 1.807) is 30.5 Å². The van der Waals surface area contributed by atoms with Crippen molar-refractivity contribution < 1.29 is 4.79 Å². The Morgan fingerprint density at radius 3 is 2.77 bits per heavy atom. The SMILES string of the molecule is Cn1nc(N2CCC[C@@H](C(=O)NCCn3nc(-c4cccs4)ccc3=O)C2)ccc1=O. The fourth-order valence-corrected chi connectivity index (χ4v) is 4.34. The second-order valence-corrected chi connectivity index (χ2v) is 8.43. The highest BCUT2D eigenvalue weighted by Gasteiger charge is 2.26. The molecule has 1 saturated heterocycles. The van der Waals surface area contributed by atoms with Crippen LogP contribution in [0.4, 0.5) is 5.82 Å². The van der Waals surface area contributed by atoms with Gasteiger partial charge in [0.2, 0.25) is 5.91 Å². The quantitative estimate of drug-likeness (QED) is 0.616. The molecule has 0 aliphatic carbocycles. The summed E-state index contributed by atoms with van der Waals surface area (Å²) in [5.74, 6) is 0.479. The van der Waals surface area contributed by atoms with Gasteiger partial charge in [-0.15, -0.1) is 11.3 Å². The van der Waals surface area contributed by atoms with E-state index >= 15 is 0 Å². The van der Waals surface area contributed by atoms with Crippen molar-refractivity contribution in [2.75, 3.05) is 24.5 Å². The van der Waals surface area contributed by atoms with Crippen molar-refractivity contribution in [2.45, 2.75) is 19.4 Å². The third-order valence-electron chi connectivity index (χ3n) is 5.33. The minimum absolute atomic E-state index is 0.0445. The lowest BCUT2D eigenvalue weighted by Crippen LogP contribution is -2.44. The largest absolute Gasteiger partial charge is 0.354 e. The third-order valence-corrected chi connectivity index (χ3v) is 6.22. The summed E-state index contributed by atoms with van der Waals surface area (Å²) >= 11 is 1.56. The van der Waals surface area contributed by atoms with Crippen LogP contribution in [0.5, 0.6) is 0 Å². The molecular formula is C21H24N6O3S. The van der Waals surface area contributed by atoms with Crippen LogP contribution in [0.25, 0.3) is 10.6 Å². The number of nitrogens with one attached hydrogen (secondary N) is 1. The van der Waals surface area contributed by atoms with Crippen molar-refractivity contribution in [3.63, 3.8) is 0 Å². The zero-order valence-electron chi connectivity index (χ0n) is 17.2. The lowest BCUT2D eigenvalue weighted by molar-refractivity contribution is -0.125. The molecule has 31 heavy (non-hydrogen) atoms. The number of piperidine rings is 1. The average Bonchev–Trinajstić information content (AvgIpc) is 3.32. The first-order valence-corrected chi connectivity index (χ1v) is 11.1. The van der Waals surface area contributed by atoms with Gasteiger partial charge in [0, 0.05) is 38.8 Å². The van der Waals surface area contributed by atoms with Crippen LogP contribution in [-0.2, 0) is 18.4 Å². The number of carbonyl (C=O) groups is 1. The molecule has 3 aromatic heterocycles. The Labute approximate surface area is 182 Å². The molecule has 0 aromatic carbocycles. The molecule has 0 saturated carbocycles. The summed E-state index contributed by atoms with van der Waals surface area (Å²) in [4.78, 5) is 39.4. The van der Waals surface area contributed by atoms with Crippen molar-refractivity contribution >= 4 is 23.1 Å². The molecule has 0 bridgehead atoms. The molecular weight excluding hydrogens is 416 g/mol. The number of aryl methyl sites for hydroxylation is 1. The van der Waals surface area contributed by atoms with Crippen molar-refractivity contribution in [3.05, 3.63) is 62.5 Å². The number of amides is 1. The summed E-state index contributed by atoms with van der Waals surface area (Å²) in [6.07, 6.45) is 1.66. The number of nitrogens with zero attached hydrogens (tertiary/aromatic N) is 5. The van der Waals surface area contributed by atoms with Gasteiger partial charge in [-0.2, -0.15) is 10.2 Å². The molecule has 1 atom stereocenters. The Morgan fingerprint density at radius 1 is 1.16 bits per heavy atom. The number of hydrogen-bond acceptors (Lipinski definition) is 7. The van der Waals surface area contributed by atoms with Gasteiger partial charge in [-0.1, -0.05) is 6.07 Å². The molecule has 4 rings (SSSR count). The smallest absolute Gasteiger partial charge is 0.266 e. The van der Waals surface area contributed by atoms with Gasteiger partial charge >= 0.3 is 0 Å². The zero-order chi connectivity index (χ0) is 21.8. The van der Waals surface area contributed by atoms with Gasteiger partial charge in [-0.25, -0.2) is 9.36 Å². The maximum absolute atomic E-state index is 12.7. The molecule has 1 aliphatic heterocycles. The molecule has 0 unspecified atom stereocenters. The van der Waals surface area contributed by atoms with Crippen molar-refractivity contribution in [2.24, 2.45) is 13.0 Å². The van der Waals surface area contributed by atoms with E-state index in [0.29, 0.717) is 25.5 Å². The lowest BCUT2D eigenvalue weighted by atomic mass is 9.97. The highest BCUT2D eigenvalue weighted by molar-refractivity contribution is 7.13.